The molecule has 1 aromatic heterocycles. The number of benzene rings is 1. The molecule has 27 heavy (non-hydrogen) atoms. The predicted octanol–water partition coefficient (Wildman–Crippen LogP) is 3.51. The van der Waals surface area contributed by atoms with Crippen molar-refractivity contribution >= 4 is 34.2 Å². The first-order valence-corrected chi connectivity index (χ1v) is 9.78. The summed E-state index contributed by atoms with van der Waals surface area (Å²) in [4.78, 5) is 12.6. The van der Waals surface area contributed by atoms with Gasteiger partial charge < -0.3 is 14.5 Å². The van der Waals surface area contributed by atoms with Crippen molar-refractivity contribution in [2.24, 2.45) is 11.8 Å². The number of furan rings is 1. The highest BCUT2D eigenvalue weighted by molar-refractivity contribution is 7.80. The average molecular weight is 390 g/mol. The topological polar surface area (TPSA) is 75.5 Å². The van der Waals surface area contributed by atoms with Crippen molar-refractivity contribution < 1.29 is 13.9 Å². The molecule has 6 nitrogen and oxygen atoms in total. The minimum Gasteiger partial charge on any atom is -0.450 e. The van der Waals surface area contributed by atoms with Crippen LogP contribution in [0.15, 0.2) is 28.7 Å². The number of thiocarbonyl (C=S) groups is 1. The van der Waals surface area contributed by atoms with E-state index in [-0.39, 0.29) is 11.7 Å². The van der Waals surface area contributed by atoms with Crippen LogP contribution in [0.25, 0.3) is 11.0 Å². The summed E-state index contributed by atoms with van der Waals surface area (Å²) in [6.07, 6.45) is 3.53. The Morgan fingerprint density at radius 2 is 2.04 bits per heavy atom. The Morgan fingerprint density at radius 1 is 1.26 bits per heavy atom. The smallest absolute Gasteiger partial charge is 0.305 e. The Hall–Kier alpha value is -2.12. The number of fused-ring (bicyclic) bond motifs is 1. The first-order valence-electron chi connectivity index (χ1n) is 9.37. The van der Waals surface area contributed by atoms with Crippen LogP contribution in [0.1, 0.15) is 49.2 Å². The van der Waals surface area contributed by atoms with E-state index in [1.54, 1.807) is 7.11 Å². The molecule has 0 spiro atoms. The fourth-order valence-corrected chi connectivity index (χ4v) is 3.93. The molecule has 0 unspecified atom stereocenters. The maximum atomic E-state index is 12.6. The van der Waals surface area contributed by atoms with Crippen molar-refractivity contribution in [2.75, 3.05) is 7.11 Å². The highest BCUT2D eigenvalue weighted by Gasteiger charge is 2.27. The maximum absolute atomic E-state index is 12.6. The summed E-state index contributed by atoms with van der Waals surface area (Å²) in [5.41, 5.74) is 6.81. The summed E-state index contributed by atoms with van der Waals surface area (Å²) in [6, 6.07) is 7.84. The monoisotopic (exact) mass is 389 g/mol. The van der Waals surface area contributed by atoms with Gasteiger partial charge in [0.15, 0.2) is 10.9 Å². The van der Waals surface area contributed by atoms with Crippen LogP contribution in [0, 0.1) is 11.8 Å². The van der Waals surface area contributed by atoms with Gasteiger partial charge >= 0.3 is 5.91 Å². The SMILES string of the molecule is COCc1c(C(=O)NNC(=S)N[C@H]2CCC[C@@H](C)[C@H]2C)oc2ccccc12. The summed E-state index contributed by atoms with van der Waals surface area (Å²) < 4.78 is 11.0. The van der Waals surface area contributed by atoms with Crippen LogP contribution < -0.4 is 16.2 Å². The summed E-state index contributed by atoms with van der Waals surface area (Å²) in [5.74, 6) is 1.05. The molecular formula is C20H27N3O3S. The molecule has 0 saturated heterocycles. The third-order valence-electron chi connectivity index (χ3n) is 5.51. The van der Waals surface area contributed by atoms with Gasteiger partial charge in [-0.3, -0.25) is 15.6 Å². The van der Waals surface area contributed by atoms with Gasteiger partial charge in [-0.2, -0.15) is 0 Å². The largest absolute Gasteiger partial charge is 0.450 e. The quantitative estimate of drug-likeness (QED) is 0.549. The summed E-state index contributed by atoms with van der Waals surface area (Å²) in [6.45, 7) is 4.81. The summed E-state index contributed by atoms with van der Waals surface area (Å²) in [5, 5.41) is 4.61. The van der Waals surface area contributed by atoms with Crippen LogP contribution in [-0.4, -0.2) is 24.2 Å². The number of hydrogen-bond acceptors (Lipinski definition) is 4. The van der Waals surface area contributed by atoms with Crippen molar-refractivity contribution in [3.05, 3.63) is 35.6 Å². The third kappa shape index (κ3) is 4.42. The Labute approximate surface area is 165 Å². The van der Waals surface area contributed by atoms with Crippen molar-refractivity contribution in [3.63, 3.8) is 0 Å². The minimum absolute atomic E-state index is 0.230. The van der Waals surface area contributed by atoms with E-state index in [1.807, 2.05) is 24.3 Å². The van der Waals surface area contributed by atoms with E-state index >= 15 is 0 Å². The van der Waals surface area contributed by atoms with Gasteiger partial charge in [0.2, 0.25) is 0 Å². The lowest BCUT2D eigenvalue weighted by Gasteiger charge is -2.35. The molecule has 0 radical (unpaired) electrons. The molecule has 0 aliphatic heterocycles. The number of hydrazine groups is 1. The number of methoxy groups -OCH3 is 1. The van der Waals surface area contributed by atoms with Crippen molar-refractivity contribution in [2.45, 2.75) is 45.8 Å². The molecule has 1 amide bonds. The fraction of sp³-hybridized carbons (Fsp3) is 0.500. The zero-order chi connectivity index (χ0) is 19.4. The first-order chi connectivity index (χ1) is 13.0. The number of amides is 1. The fourth-order valence-electron chi connectivity index (χ4n) is 3.73. The van der Waals surface area contributed by atoms with E-state index in [0.717, 1.165) is 17.4 Å². The average Bonchev–Trinajstić information content (AvgIpc) is 3.03. The van der Waals surface area contributed by atoms with Crippen LogP contribution in [-0.2, 0) is 11.3 Å². The highest BCUT2D eigenvalue weighted by Crippen LogP contribution is 2.29. The second-order valence-corrected chi connectivity index (χ2v) is 7.67. The zero-order valence-electron chi connectivity index (χ0n) is 16.0. The maximum Gasteiger partial charge on any atom is 0.305 e. The molecular weight excluding hydrogens is 362 g/mol. The van der Waals surface area contributed by atoms with Gasteiger partial charge in [-0.15, -0.1) is 0 Å². The molecule has 3 atom stereocenters. The van der Waals surface area contributed by atoms with E-state index < -0.39 is 0 Å². The second-order valence-electron chi connectivity index (χ2n) is 7.27. The second kappa shape index (κ2) is 8.71. The zero-order valence-corrected chi connectivity index (χ0v) is 16.8. The van der Waals surface area contributed by atoms with E-state index in [4.69, 9.17) is 21.4 Å². The van der Waals surface area contributed by atoms with E-state index in [2.05, 4.69) is 30.0 Å². The van der Waals surface area contributed by atoms with Gasteiger partial charge in [-0.1, -0.05) is 44.9 Å². The molecule has 1 saturated carbocycles. The Bertz CT molecular complexity index is 820. The van der Waals surface area contributed by atoms with Gasteiger partial charge in [0.05, 0.1) is 6.61 Å². The van der Waals surface area contributed by atoms with Gasteiger partial charge in [0, 0.05) is 24.1 Å². The normalized spacial score (nSPS) is 22.4. The molecule has 146 valence electrons. The molecule has 1 heterocycles. The predicted molar refractivity (Wildman–Crippen MR) is 109 cm³/mol. The number of ether oxygens (including phenoxy) is 1. The van der Waals surface area contributed by atoms with Crippen LogP contribution >= 0.6 is 12.2 Å². The Kier molecular flexibility index (Phi) is 6.34. The standard InChI is InChI=1S/C20H27N3O3S/c1-12-7-6-9-16(13(12)2)21-20(27)23-22-19(24)18-15(11-25-3)14-8-4-5-10-17(14)26-18/h4-5,8,10,12-13,16H,6-7,9,11H2,1-3H3,(H,22,24)(H2,21,23,27)/t12-,13-,16+/m1/s1. The van der Waals surface area contributed by atoms with E-state index in [0.29, 0.717) is 35.2 Å². The molecule has 2 aromatic rings. The molecule has 1 aliphatic rings. The number of carbonyl (C=O) groups excluding carboxylic acids is 1. The van der Waals surface area contributed by atoms with Crippen molar-refractivity contribution in [1.29, 1.82) is 0 Å². The Balaban J connectivity index is 1.63. The van der Waals surface area contributed by atoms with Crippen LogP contribution in [0.4, 0.5) is 0 Å². The van der Waals surface area contributed by atoms with Crippen molar-refractivity contribution in [1.82, 2.24) is 16.2 Å². The molecule has 3 rings (SSSR count). The van der Waals surface area contributed by atoms with Gasteiger partial charge in [-0.05, 0) is 36.5 Å². The van der Waals surface area contributed by atoms with Gasteiger partial charge in [0.25, 0.3) is 0 Å². The number of hydrogen-bond donors (Lipinski definition) is 3. The van der Waals surface area contributed by atoms with Crippen LogP contribution in [0.5, 0.6) is 0 Å². The number of para-hydroxylation sites is 1. The van der Waals surface area contributed by atoms with Gasteiger partial charge in [-0.25, -0.2) is 0 Å². The number of rotatable bonds is 4. The Morgan fingerprint density at radius 3 is 2.81 bits per heavy atom. The summed E-state index contributed by atoms with van der Waals surface area (Å²) >= 11 is 5.35. The van der Waals surface area contributed by atoms with E-state index in [9.17, 15) is 4.79 Å². The molecule has 1 aliphatic carbocycles. The van der Waals surface area contributed by atoms with Gasteiger partial charge in [0.1, 0.15) is 5.58 Å². The molecule has 1 aromatic carbocycles. The molecule has 3 N–H and O–H groups in total. The molecule has 0 bridgehead atoms. The molecule has 7 heteroatoms. The third-order valence-corrected chi connectivity index (χ3v) is 5.73. The lowest BCUT2D eigenvalue weighted by atomic mass is 9.78. The lowest BCUT2D eigenvalue weighted by Crippen LogP contribution is -2.52. The first kappa shape index (κ1) is 19.6. The van der Waals surface area contributed by atoms with Crippen LogP contribution in [0.3, 0.4) is 0 Å². The highest BCUT2D eigenvalue weighted by atomic mass is 32.1. The molecule has 1 fully saturated rings. The lowest BCUT2D eigenvalue weighted by molar-refractivity contribution is 0.0911. The van der Waals surface area contributed by atoms with Crippen LogP contribution in [0.2, 0.25) is 0 Å². The number of nitrogens with one attached hydrogen (secondary N) is 3. The number of carbonyl (C=O) groups is 1. The summed E-state index contributed by atoms with van der Waals surface area (Å²) in [7, 11) is 1.59. The minimum atomic E-state index is -0.382. The van der Waals surface area contributed by atoms with E-state index in [1.165, 1.54) is 12.8 Å². The van der Waals surface area contributed by atoms with Crippen molar-refractivity contribution in [3.8, 4) is 0 Å².